The average Bonchev–Trinajstić information content (AvgIpc) is 3.18. The van der Waals surface area contributed by atoms with Crippen LogP contribution in [0, 0.1) is 0 Å². The molecule has 1 amide bonds. The number of hydrogen-bond acceptors (Lipinski definition) is 2. The van der Waals surface area contributed by atoms with Gasteiger partial charge in [-0.3, -0.25) is 4.79 Å². The molecule has 4 nitrogen and oxygen atoms in total. The first-order chi connectivity index (χ1) is 12.3. The fourth-order valence-corrected chi connectivity index (χ4v) is 2.46. The summed E-state index contributed by atoms with van der Waals surface area (Å²) < 4.78 is 7.62. The lowest BCUT2D eigenvalue weighted by molar-refractivity contribution is 0.102. The topological polar surface area (TPSA) is 43.3 Å². The number of unbranched alkanes of at least 4 members (excludes halogenated alkanes) is 1. The summed E-state index contributed by atoms with van der Waals surface area (Å²) in [6, 6.07) is 18.9. The molecule has 4 heteroatoms. The maximum absolute atomic E-state index is 12.4. The van der Waals surface area contributed by atoms with Crippen molar-refractivity contribution in [1.82, 2.24) is 4.57 Å². The molecule has 0 saturated carbocycles. The van der Waals surface area contributed by atoms with Crippen LogP contribution in [-0.4, -0.2) is 17.1 Å². The predicted molar refractivity (Wildman–Crippen MR) is 101 cm³/mol. The number of aromatic nitrogens is 1. The van der Waals surface area contributed by atoms with Crippen LogP contribution in [0.5, 0.6) is 5.75 Å². The second kappa shape index (κ2) is 8.20. The van der Waals surface area contributed by atoms with Crippen molar-refractivity contribution in [3.05, 3.63) is 78.6 Å². The van der Waals surface area contributed by atoms with E-state index in [1.165, 1.54) is 0 Å². The summed E-state index contributed by atoms with van der Waals surface area (Å²) in [5, 5.41) is 2.91. The zero-order valence-corrected chi connectivity index (χ0v) is 14.3. The molecule has 3 rings (SSSR count). The molecule has 0 bridgehead atoms. The molecule has 0 unspecified atom stereocenters. The molecule has 0 atom stereocenters. The van der Waals surface area contributed by atoms with Gasteiger partial charge in [0.1, 0.15) is 5.75 Å². The van der Waals surface area contributed by atoms with Gasteiger partial charge < -0.3 is 14.6 Å². The highest BCUT2D eigenvalue weighted by molar-refractivity contribution is 6.04. The molecule has 128 valence electrons. The molecule has 0 aliphatic heterocycles. The van der Waals surface area contributed by atoms with E-state index < -0.39 is 0 Å². The van der Waals surface area contributed by atoms with Crippen LogP contribution in [0.4, 0.5) is 5.69 Å². The lowest BCUT2D eigenvalue weighted by Crippen LogP contribution is -2.11. The molecule has 0 spiro atoms. The van der Waals surface area contributed by atoms with Gasteiger partial charge in [-0.05, 0) is 67.1 Å². The summed E-state index contributed by atoms with van der Waals surface area (Å²) in [6.45, 7) is 2.85. The highest BCUT2D eigenvalue weighted by Gasteiger charge is 2.06. The minimum atomic E-state index is -0.126. The summed E-state index contributed by atoms with van der Waals surface area (Å²) in [4.78, 5) is 12.4. The van der Waals surface area contributed by atoms with Gasteiger partial charge in [-0.1, -0.05) is 13.3 Å². The van der Waals surface area contributed by atoms with Gasteiger partial charge in [-0.15, -0.1) is 0 Å². The first kappa shape index (κ1) is 16.8. The average molecular weight is 334 g/mol. The van der Waals surface area contributed by atoms with Crippen LogP contribution in [0.2, 0.25) is 0 Å². The molecule has 1 N–H and O–H groups in total. The Bertz CT molecular complexity index is 791. The summed E-state index contributed by atoms with van der Waals surface area (Å²) in [7, 11) is 0. The van der Waals surface area contributed by atoms with Gasteiger partial charge in [-0.25, -0.2) is 0 Å². The van der Waals surface area contributed by atoms with Crippen LogP contribution in [0.3, 0.4) is 0 Å². The Balaban J connectivity index is 1.60. The predicted octanol–water partition coefficient (Wildman–Crippen LogP) is 4.91. The Morgan fingerprint density at radius 3 is 2.32 bits per heavy atom. The van der Waals surface area contributed by atoms with E-state index in [0.29, 0.717) is 5.56 Å². The van der Waals surface area contributed by atoms with Crippen LogP contribution in [0.1, 0.15) is 30.1 Å². The Kier molecular flexibility index (Phi) is 5.52. The number of benzene rings is 2. The molecule has 1 heterocycles. The number of rotatable bonds is 7. The lowest BCUT2D eigenvalue weighted by Gasteiger charge is -2.09. The molecule has 0 fully saturated rings. The number of ether oxygens (including phenoxy) is 1. The van der Waals surface area contributed by atoms with Crippen molar-refractivity contribution in [3.8, 4) is 11.4 Å². The molecule has 0 aliphatic rings. The van der Waals surface area contributed by atoms with Gasteiger partial charge in [0.15, 0.2) is 0 Å². The number of anilines is 1. The highest BCUT2D eigenvalue weighted by atomic mass is 16.5. The first-order valence-electron chi connectivity index (χ1n) is 8.54. The monoisotopic (exact) mass is 334 g/mol. The van der Waals surface area contributed by atoms with Gasteiger partial charge in [0, 0.05) is 29.3 Å². The molecule has 0 saturated heterocycles. The smallest absolute Gasteiger partial charge is 0.255 e. The quantitative estimate of drug-likeness (QED) is 0.624. The van der Waals surface area contributed by atoms with Crippen LogP contribution in [0.25, 0.3) is 5.69 Å². The van der Waals surface area contributed by atoms with E-state index in [2.05, 4.69) is 12.2 Å². The second-order valence-corrected chi connectivity index (χ2v) is 5.82. The normalized spacial score (nSPS) is 10.4. The van der Waals surface area contributed by atoms with E-state index in [1.54, 1.807) is 0 Å². The number of amides is 1. The Hall–Kier alpha value is -3.01. The van der Waals surface area contributed by atoms with E-state index in [0.717, 1.165) is 36.6 Å². The number of carbonyl (C=O) groups excluding carboxylic acids is 1. The zero-order chi connectivity index (χ0) is 17.5. The van der Waals surface area contributed by atoms with E-state index in [9.17, 15) is 4.79 Å². The van der Waals surface area contributed by atoms with Crippen LogP contribution in [0.15, 0.2) is 73.1 Å². The maximum Gasteiger partial charge on any atom is 0.255 e. The standard InChI is InChI=1S/C21H22N2O2/c1-2-3-16-25-20-12-8-18(9-13-20)22-21(24)17-6-10-19(11-7-17)23-14-4-5-15-23/h4-15H,2-3,16H2,1H3,(H,22,24). The summed E-state index contributed by atoms with van der Waals surface area (Å²) in [6.07, 6.45) is 6.09. The van der Waals surface area contributed by atoms with Gasteiger partial charge in [0.25, 0.3) is 5.91 Å². The van der Waals surface area contributed by atoms with E-state index in [-0.39, 0.29) is 5.91 Å². The SMILES string of the molecule is CCCCOc1ccc(NC(=O)c2ccc(-n3cccc3)cc2)cc1. The summed E-state index contributed by atoms with van der Waals surface area (Å²) >= 11 is 0. The summed E-state index contributed by atoms with van der Waals surface area (Å²) in [5.41, 5.74) is 2.40. The van der Waals surface area contributed by atoms with E-state index in [1.807, 2.05) is 77.6 Å². The Morgan fingerprint density at radius 1 is 1.00 bits per heavy atom. The molecule has 2 aromatic carbocycles. The molecule has 0 radical (unpaired) electrons. The Labute approximate surface area is 148 Å². The van der Waals surface area contributed by atoms with Crippen LogP contribution >= 0.6 is 0 Å². The number of carbonyl (C=O) groups is 1. The van der Waals surface area contributed by atoms with Crippen molar-refractivity contribution >= 4 is 11.6 Å². The molecule has 25 heavy (non-hydrogen) atoms. The minimum absolute atomic E-state index is 0.126. The van der Waals surface area contributed by atoms with Crippen molar-refractivity contribution in [2.24, 2.45) is 0 Å². The van der Waals surface area contributed by atoms with Gasteiger partial charge in [0.2, 0.25) is 0 Å². The zero-order valence-electron chi connectivity index (χ0n) is 14.3. The van der Waals surface area contributed by atoms with Crippen molar-refractivity contribution < 1.29 is 9.53 Å². The largest absolute Gasteiger partial charge is 0.494 e. The number of nitrogens with zero attached hydrogens (tertiary/aromatic N) is 1. The fourth-order valence-electron chi connectivity index (χ4n) is 2.46. The Morgan fingerprint density at radius 2 is 1.68 bits per heavy atom. The molecule has 3 aromatic rings. The third-order valence-corrected chi connectivity index (χ3v) is 3.91. The van der Waals surface area contributed by atoms with Crippen LogP contribution < -0.4 is 10.1 Å². The van der Waals surface area contributed by atoms with Crippen molar-refractivity contribution in [2.45, 2.75) is 19.8 Å². The van der Waals surface area contributed by atoms with Crippen LogP contribution in [-0.2, 0) is 0 Å². The van der Waals surface area contributed by atoms with Gasteiger partial charge in [0.05, 0.1) is 6.61 Å². The van der Waals surface area contributed by atoms with Crippen molar-refractivity contribution in [1.29, 1.82) is 0 Å². The second-order valence-electron chi connectivity index (χ2n) is 5.82. The van der Waals surface area contributed by atoms with Crippen molar-refractivity contribution in [3.63, 3.8) is 0 Å². The molecule has 0 aliphatic carbocycles. The van der Waals surface area contributed by atoms with Gasteiger partial charge in [-0.2, -0.15) is 0 Å². The third-order valence-electron chi connectivity index (χ3n) is 3.91. The lowest BCUT2D eigenvalue weighted by atomic mass is 10.2. The maximum atomic E-state index is 12.4. The highest BCUT2D eigenvalue weighted by Crippen LogP contribution is 2.17. The molecule has 1 aromatic heterocycles. The van der Waals surface area contributed by atoms with E-state index >= 15 is 0 Å². The van der Waals surface area contributed by atoms with E-state index in [4.69, 9.17) is 4.74 Å². The molecular formula is C21H22N2O2. The number of nitrogens with one attached hydrogen (secondary N) is 1. The third kappa shape index (κ3) is 4.51. The molecular weight excluding hydrogens is 312 g/mol. The fraction of sp³-hybridized carbons (Fsp3) is 0.190. The van der Waals surface area contributed by atoms with Gasteiger partial charge >= 0.3 is 0 Å². The minimum Gasteiger partial charge on any atom is -0.494 e. The first-order valence-corrected chi connectivity index (χ1v) is 8.54. The number of hydrogen-bond donors (Lipinski definition) is 1. The van der Waals surface area contributed by atoms with Crippen molar-refractivity contribution in [2.75, 3.05) is 11.9 Å². The summed E-state index contributed by atoms with van der Waals surface area (Å²) in [5.74, 6) is 0.696.